The SMILES string of the molecule is CCOc1cccc(CNc2ccc(CC(=O)O)cc2)c1. The van der Waals surface area contributed by atoms with E-state index in [1.807, 2.05) is 55.5 Å². The third kappa shape index (κ3) is 4.84. The van der Waals surface area contributed by atoms with Crippen LogP contribution in [0.4, 0.5) is 5.69 Å². The number of carbonyl (C=O) groups is 1. The van der Waals surface area contributed by atoms with Crippen molar-refractivity contribution in [1.29, 1.82) is 0 Å². The molecule has 0 bridgehead atoms. The van der Waals surface area contributed by atoms with Crippen LogP contribution in [0.1, 0.15) is 18.1 Å². The minimum absolute atomic E-state index is 0.0523. The second kappa shape index (κ2) is 7.33. The molecule has 0 fully saturated rings. The number of rotatable bonds is 7. The van der Waals surface area contributed by atoms with Gasteiger partial charge in [0, 0.05) is 12.2 Å². The van der Waals surface area contributed by atoms with E-state index in [4.69, 9.17) is 9.84 Å². The fourth-order valence-electron chi connectivity index (χ4n) is 2.03. The van der Waals surface area contributed by atoms with Gasteiger partial charge in [-0.1, -0.05) is 24.3 Å². The highest BCUT2D eigenvalue weighted by Crippen LogP contribution is 2.16. The predicted octanol–water partition coefficient (Wildman–Crippen LogP) is 3.32. The molecule has 21 heavy (non-hydrogen) atoms. The van der Waals surface area contributed by atoms with Gasteiger partial charge in [-0.2, -0.15) is 0 Å². The van der Waals surface area contributed by atoms with Crippen molar-refractivity contribution in [1.82, 2.24) is 0 Å². The van der Waals surface area contributed by atoms with Gasteiger partial charge in [0.05, 0.1) is 13.0 Å². The van der Waals surface area contributed by atoms with Gasteiger partial charge in [0.1, 0.15) is 5.75 Å². The Labute approximate surface area is 124 Å². The molecule has 2 rings (SSSR count). The van der Waals surface area contributed by atoms with E-state index in [0.717, 1.165) is 22.6 Å². The number of benzene rings is 2. The number of anilines is 1. The van der Waals surface area contributed by atoms with Crippen LogP contribution in [0.15, 0.2) is 48.5 Å². The second-order valence-corrected chi connectivity index (χ2v) is 4.70. The minimum atomic E-state index is -0.816. The fraction of sp³-hybridized carbons (Fsp3) is 0.235. The van der Waals surface area contributed by atoms with E-state index in [1.165, 1.54) is 0 Å². The zero-order chi connectivity index (χ0) is 15.1. The summed E-state index contributed by atoms with van der Waals surface area (Å²) in [7, 11) is 0. The van der Waals surface area contributed by atoms with Crippen molar-refractivity contribution >= 4 is 11.7 Å². The first-order valence-electron chi connectivity index (χ1n) is 6.93. The Kier molecular flexibility index (Phi) is 5.21. The van der Waals surface area contributed by atoms with E-state index in [0.29, 0.717) is 13.2 Å². The number of hydrogen-bond acceptors (Lipinski definition) is 3. The number of nitrogens with one attached hydrogen (secondary N) is 1. The third-order valence-electron chi connectivity index (χ3n) is 3.02. The van der Waals surface area contributed by atoms with E-state index in [-0.39, 0.29) is 6.42 Å². The van der Waals surface area contributed by atoms with E-state index in [2.05, 4.69) is 5.32 Å². The molecule has 0 amide bonds. The molecule has 0 aromatic heterocycles. The summed E-state index contributed by atoms with van der Waals surface area (Å²) in [5.41, 5.74) is 2.90. The molecule has 2 aromatic rings. The number of aliphatic carboxylic acids is 1. The molecule has 0 aliphatic rings. The maximum atomic E-state index is 10.6. The first-order valence-corrected chi connectivity index (χ1v) is 6.93. The zero-order valence-electron chi connectivity index (χ0n) is 12.0. The Morgan fingerprint density at radius 2 is 1.90 bits per heavy atom. The summed E-state index contributed by atoms with van der Waals surface area (Å²) in [6.07, 6.45) is 0.0523. The minimum Gasteiger partial charge on any atom is -0.494 e. The molecule has 0 aliphatic heterocycles. The first-order chi connectivity index (χ1) is 10.2. The molecule has 110 valence electrons. The maximum absolute atomic E-state index is 10.6. The van der Waals surface area contributed by atoms with Crippen molar-refractivity contribution in [2.24, 2.45) is 0 Å². The van der Waals surface area contributed by atoms with Gasteiger partial charge >= 0.3 is 5.97 Å². The summed E-state index contributed by atoms with van der Waals surface area (Å²) >= 11 is 0. The number of carboxylic acid groups (broad SMARTS) is 1. The van der Waals surface area contributed by atoms with Crippen molar-refractivity contribution in [2.45, 2.75) is 19.9 Å². The van der Waals surface area contributed by atoms with E-state index < -0.39 is 5.97 Å². The van der Waals surface area contributed by atoms with Crippen molar-refractivity contribution in [3.8, 4) is 5.75 Å². The van der Waals surface area contributed by atoms with Crippen LogP contribution in [0, 0.1) is 0 Å². The molecule has 2 aromatic carbocycles. The number of carboxylic acids is 1. The summed E-state index contributed by atoms with van der Waals surface area (Å²) in [4.78, 5) is 10.6. The molecule has 0 aliphatic carbocycles. The van der Waals surface area contributed by atoms with Gasteiger partial charge in [0.2, 0.25) is 0 Å². The third-order valence-corrected chi connectivity index (χ3v) is 3.02. The molecule has 0 saturated heterocycles. The lowest BCUT2D eigenvalue weighted by molar-refractivity contribution is -0.136. The van der Waals surface area contributed by atoms with Gasteiger partial charge in [0.25, 0.3) is 0 Å². The summed E-state index contributed by atoms with van der Waals surface area (Å²) in [6, 6.07) is 15.4. The quantitative estimate of drug-likeness (QED) is 0.819. The average molecular weight is 285 g/mol. The molecule has 2 N–H and O–H groups in total. The average Bonchev–Trinajstić information content (AvgIpc) is 2.47. The second-order valence-electron chi connectivity index (χ2n) is 4.70. The standard InChI is InChI=1S/C17H19NO3/c1-2-21-16-5-3-4-14(10-16)12-18-15-8-6-13(7-9-15)11-17(19)20/h3-10,18H,2,11-12H2,1H3,(H,19,20). The topological polar surface area (TPSA) is 58.6 Å². The number of hydrogen-bond donors (Lipinski definition) is 2. The predicted molar refractivity (Wildman–Crippen MR) is 82.7 cm³/mol. The van der Waals surface area contributed by atoms with Gasteiger partial charge in [0.15, 0.2) is 0 Å². The van der Waals surface area contributed by atoms with Crippen LogP contribution in [0.5, 0.6) is 5.75 Å². The molecule has 0 heterocycles. The Bertz CT molecular complexity index is 593. The van der Waals surface area contributed by atoms with Gasteiger partial charge < -0.3 is 15.2 Å². The zero-order valence-corrected chi connectivity index (χ0v) is 12.0. The summed E-state index contributed by atoms with van der Waals surface area (Å²) in [5, 5.41) is 12.0. The molecule has 0 saturated carbocycles. The normalized spacial score (nSPS) is 10.1. The van der Waals surface area contributed by atoms with Crippen molar-refractivity contribution in [3.63, 3.8) is 0 Å². The highest BCUT2D eigenvalue weighted by molar-refractivity contribution is 5.70. The van der Waals surface area contributed by atoms with Gasteiger partial charge in [-0.25, -0.2) is 0 Å². The van der Waals surface area contributed by atoms with Crippen LogP contribution in [-0.2, 0) is 17.8 Å². The fourth-order valence-corrected chi connectivity index (χ4v) is 2.03. The lowest BCUT2D eigenvalue weighted by Crippen LogP contribution is -2.02. The van der Waals surface area contributed by atoms with Crippen LogP contribution in [-0.4, -0.2) is 17.7 Å². The van der Waals surface area contributed by atoms with Gasteiger partial charge in [-0.15, -0.1) is 0 Å². The highest BCUT2D eigenvalue weighted by atomic mass is 16.5. The lowest BCUT2D eigenvalue weighted by atomic mass is 10.1. The van der Waals surface area contributed by atoms with E-state index in [1.54, 1.807) is 0 Å². The number of ether oxygens (including phenoxy) is 1. The summed E-state index contributed by atoms with van der Waals surface area (Å²) < 4.78 is 5.47. The smallest absolute Gasteiger partial charge is 0.307 e. The molecule has 4 heteroatoms. The van der Waals surface area contributed by atoms with Crippen LogP contribution < -0.4 is 10.1 Å². The molecular formula is C17H19NO3. The Morgan fingerprint density at radius 3 is 2.57 bits per heavy atom. The first kappa shape index (κ1) is 14.9. The van der Waals surface area contributed by atoms with Crippen molar-refractivity contribution < 1.29 is 14.6 Å². The van der Waals surface area contributed by atoms with Gasteiger partial charge in [-0.05, 0) is 42.3 Å². The summed E-state index contributed by atoms with van der Waals surface area (Å²) in [5.74, 6) is 0.0528. The van der Waals surface area contributed by atoms with Crippen LogP contribution >= 0.6 is 0 Å². The molecule has 0 atom stereocenters. The molecule has 0 radical (unpaired) electrons. The van der Waals surface area contributed by atoms with Crippen molar-refractivity contribution in [3.05, 3.63) is 59.7 Å². The molecule has 0 unspecified atom stereocenters. The monoisotopic (exact) mass is 285 g/mol. The molecule has 4 nitrogen and oxygen atoms in total. The largest absolute Gasteiger partial charge is 0.494 e. The van der Waals surface area contributed by atoms with Crippen molar-refractivity contribution in [2.75, 3.05) is 11.9 Å². The molecule has 0 spiro atoms. The highest BCUT2D eigenvalue weighted by Gasteiger charge is 2.01. The Hall–Kier alpha value is -2.49. The maximum Gasteiger partial charge on any atom is 0.307 e. The Morgan fingerprint density at radius 1 is 1.14 bits per heavy atom. The van der Waals surface area contributed by atoms with Crippen LogP contribution in [0.2, 0.25) is 0 Å². The lowest BCUT2D eigenvalue weighted by Gasteiger charge is -2.09. The molecular weight excluding hydrogens is 266 g/mol. The van der Waals surface area contributed by atoms with Crippen LogP contribution in [0.3, 0.4) is 0 Å². The van der Waals surface area contributed by atoms with Crippen LogP contribution in [0.25, 0.3) is 0 Å². The van der Waals surface area contributed by atoms with Gasteiger partial charge in [-0.3, -0.25) is 4.79 Å². The Balaban J connectivity index is 1.93. The summed E-state index contributed by atoms with van der Waals surface area (Å²) in [6.45, 7) is 3.31. The van der Waals surface area contributed by atoms with E-state index >= 15 is 0 Å². The van der Waals surface area contributed by atoms with E-state index in [9.17, 15) is 4.79 Å².